The number of aliphatic hydroxyl groups is 1. The summed E-state index contributed by atoms with van der Waals surface area (Å²) in [5, 5.41) is 16.1. The number of ether oxygens (including phenoxy) is 2. The summed E-state index contributed by atoms with van der Waals surface area (Å²) in [4.78, 5) is 49.2. The van der Waals surface area contributed by atoms with Gasteiger partial charge in [-0.05, 0) is 18.6 Å². The molecule has 0 spiro atoms. The highest BCUT2D eigenvalue weighted by molar-refractivity contribution is 5.86. The van der Waals surface area contributed by atoms with Crippen molar-refractivity contribution >= 4 is 23.8 Å². The van der Waals surface area contributed by atoms with E-state index in [1.807, 2.05) is 0 Å². The monoisotopic (exact) mass is 686 g/mol. The number of halogens is 3. The van der Waals surface area contributed by atoms with Crippen LogP contribution < -0.4 is 20.9 Å². The summed E-state index contributed by atoms with van der Waals surface area (Å²) in [6.07, 6.45) is 4.13. The Hall–Kier alpha value is -5.49. The smallest absolute Gasteiger partial charge is 0.418 e. The molecule has 0 saturated heterocycles. The van der Waals surface area contributed by atoms with Crippen molar-refractivity contribution in [3.63, 3.8) is 0 Å². The Morgan fingerprint density at radius 3 is 2.59 bits per heavy atom. The van der Waals surface area contributed by atoms with Crippen molar-refractivity contribution in [3.8, 4) is 0 Å². The minimum absolute atomic E-state index is 0.00830. The molecule has 2 amide bonds. The van der Waals surface area contributed by atoms with Gasteiger partial charge in [-0.1, -0.05) is 19.1 Å². The van der Waals surface area contributed by atoms with Crippen molar-refractivity contribution in [2.75, 3.05) is 11.9 Å². The fourth-order valence-electron chi connectivity index (χ4n) is 4.91. The zero-order valence-corrected chi connectivity index (χ0v) is 26.7. The number of pyridine rings is 1. The fourth-order valence-corrected chi connectivity index (χ4v) is 4.91. The second-order valence-electron chi connectivity index (χ2n) is 11.2. The van der Waals surface area contributed by atoms with Crippen LogP contribution in [-0.4, -0.2) is 60.9 Å². The summed E-state index contributed by atoms with van der Waals surface area (Å²) in [5.74, 6) is -5.20. The molecule has 3 aromatic heterocycles. The van der Waals surface area contributed by atoms with Gasteiger partial charge < -0.3 is 26.0 Å². The number of carbonyl (C=O) groups excluding carboxylic acids is 3. The van der Waals surface area contributed by atoms with E-state index >= 15 is 4.39 Å². The standard InChI is InChI=1S/C31H34F3N9O6/c1-18(27-24(34)12-37-15-39-27)31(47,22-7-6-21(32)11-23(22)33)14-43-17-42(16-40-43)19(2)49-30(46)41(3)28-20(5-4-10-38-28)13-48-29(45)25(35)8-9-26(36)44/h4-7,10-12,15-19,25,47H,8-9,13-14,35H2,1-3H3,(H-,36,44)/p+1/t18-,19?,25-,31+/m0/s1. The SMILES string of the molecule is CC(OC(=O)N(C)c1ncccc1COC(=O)[C@@H](N)CCC(N)=O)[n+]1cnn(C[C@](O)(c2ccc(F)cc2F)[C@@H](C)c2ncncc2F)c1. The molecule has 0 bridgehead atoms. The molecule has 1 unspecified atom stereocenters. The van der Waals surface area contributed by atoms with Crippen LogP contribution in [0.5, 0.6) is 0 Å². The molecule has 0 saturated carbocycles. The summed E-state index contributed by atoms with van der Waals surface area (Å²) in [6.45, 7) is 2.22. The maximum absolute atomic E-state index is 15.1. The van der Waals surface area contributed by atoms with Gasteiger partial charge in [0.25, 0.3) is 6.33 Å². The summed E-state index contributed by atoms with van der Waals surface area (Å²) in [7, 11) is 1.39. The van der Waals surface area contributed by atoms with Gasteiger partial charge >= 0.3 is 12.1 Å². The number of benzene rings is 1. The lowest BCUT2D eigenvalue weighted by atomic mass is 9.79. The van der Waals surface area contributed by atoms with Gasteiger partial charge in [-0.2, -0.15) is 4.57 Å². The second-order valence-corrected chi connectivity index (χ2v) is 11.2. The highest BCUT2D eigenvalue weighted by Crippen LogP contribution is 2.39. The van der Waals surface area contributed by atoms with E-state index in [1.165, 1.54) is 49.0 Å². The molecule has 1 aromatic carbocycles. The lowest BCUT2D eigenvalue weighted by Gasteiger charge is -2.32. The number of aromatic nitrogens is 6. The first-order chi connectivity index (χ1) is 23.2. The maximum atomic E-state index is 15.1. The number of hydrogen-bond donors (Lipinski definition) is 3. The zero-order valence-electron chi connectivity index (χ0n) is 26.7. The van der Waals surface area contributed by atoms with Gasteiger partial charge in [0.15, 0.2) is 5.82 Å². The van der Waals surface area contributed by atoms with Crippen LogP contribution in [0.1, 0.15) is 55.7 Å². The quantitative estimate of drug-likeness (QED) is 0.129. The normalized spacial score (nSPS) is 14.3. The third-order valence-corrected chi connectivity index (χ3v) is 7.75. The maximum Gasteiger partial charge on any atom is 0.418 e. The van der Waals surface area contributed by atoms with E-state index in [2.05, 4.69) is 20.1 Å². The number of carbonyl (C=O) groups is 3. The second kappa shape index (κ2) is 15.6. The molecule has 0 radical (unpaired) electrons. The Bertz CT molecular complexity index is 1810. The molecule has 0 aliphatic carbocycles. The van der Waals surface area contributed by atoms with E-state index < -0.39 is 65.8 Å². The number of amides is 2. The number of primary amides is 1. The summed E-state index contributed by atoms with van der Waals surface area (Å²) in [5.41, 5.74) is 8.47. The highest BCUT2D eigenvalue weighted by Gasteiger charge is 2.43. The third kappa shape index (κ3) is 8.71. The molecule has 260 valence electrons. The van der Waals surface area contributed by atoms with Crippen molar-refractivity contribution < 1.29 is 46.7 Å². The number of hydrogen-bond acceptors (Lipinski definition) is 11. The fraction of sp³-hybridized carbons (Fsp3) is 0.355. The molecule has 49 heavy (non-hydrogen) atoms. The zero-order chi connectivity index (χ0) is 35.9. The van der Waals surface area contributed by atoms with E-state index in [0.29, 0.717) is 11.6 Å². The Morgan fingerprint density at radius 2 is 1.90 bits per heavy atom. The minimum atomic E-state index is -2.19. The van der Waals surface area contributed by atoms with Gasteiger partial charge in [0, 0.05) is 54.8 Å². The minimum Gasteiger partial charge on any atom is -0.460 e. The molecule has 3 heterocycles. The first-order valence-corrected chi connectivity index (χ1v) is 14.9. The first kappa shape index (κ1) is 36.3. The first-order valence-electron chi connectivity index (χ1n) is 14.9. The Labute approximate surface area is 278 Å². The van der Waals surface area contributed by atoms with Crippen molar-refractivity contribution in [1.29, 1.82) is 0 Å². The molecule has 0 aliphatic heterocycles. The number of anilines is 1. The van der Waals surface area contributed by atoms with Crippen LogP contribution in [0.3, 0.4) is 0 Å². The van der Waals surface area contributed by atoms with Gasteiger partial charge in [0.1, 0.15) is 48.6 Å². The van der Waals surface area contributed by atoms with Crippen LogP contribution in [0, 0.1) is 17.5 Å². The van der Waals surface area contributed by atoms with Crippen molar-refractivity contribution in [3.05, 3.63) is 96.0 Å². The predicted molar refractivity (Wildman–Crippen MR) is 163 cm³/mol. The van der Waals surface area contributed by atoms with Crippen molar-refractivity contribution in [2.24, 2.45) is 11.5 Å². The molecule has 18 heteroatoms. The van der Waals surface area contributed by atoms with Crippen LogP contribution >= 0.6 is 0 Å². The average molecular weight is 687 g/mol. The number of nitrogens with two attached hydrogens (primary N) is 2. The number of nitrogens with zero attached hydrogens (tertiary/aromatic N) is 7. The predicted octanol–water partition coefficient (Wildman–Crippen LogP) is 1.89. The van der Waals surface area contributed by atoms with E-state index in [9.17, 15) is 28.3 Å². The lowest BCUT2D eigenvalue weighted by molar-refractivity contribution is -0.753. The third-order valence-electron chi connectivity index (χ3n) is 7.75. The molecule has 5 N–H and O–H groups in total. The number of rotatable bonds is 14. The van der Waals surface area contributed by atoms with E-state index in [-0.39, 0.29) is 36.5 Å². The van der Waals surface area contributed by atoms with Gasteiger partial charge in [-0.3, -0.25) is 14.5 Å². The van der Waals surface area contributed by atoms with Crippen LogP contribution in [-0.2, 0) is 37.8 Å². The van der Waals surface area contributed by atoms with Gasteiger partial charge in [0.2, 0.25) is 18.5 Å². The van der Waals surface area contributed by atoms with Crippen LogP contribution in [0.25, 0.3) is 0 Å². The number of esters is 1. The Balaban J connectivity index is 1.48. The molecule has 15 nitrogen and oxygen atoms in total. The van der Waals surface area contributed by atoms with E-state index in [4.69, 9.17) is 20.9 Å². The summed E-state index contributed by atoms with van der Waals surface area (Å²) < 4.78 is 56.9. The lowest BCUT2D eigenvalue weighted by Crippen LogP contribution is -2.42. The average Bonchev–Trinajstić information content (AvgIpc) is 3.54. The van der Waals surface area contributed by atoms with Crippen LogP contribution in [0.2, 0.25) is 0 Å². The topological polar surface area (TPSA) is 206 Å². The van der Waals surface area contributed by atoms with E-state index in [0.717, 1.165) is 29.6 Å². The molecular weight excluding hydrogens is 651 g/mol. The molecule has 4 atom stereocenters. The Kier molecular flexibility index (Phi) is 11.6. The Morgan fingerprint density at radius 1 is 1.14 bits per heavy atom. The van der Waals surface area contributed by atoms with Crippen LogP contribution in [0.4, 0.5) is 23.8 Å². The van der Waals surface area contributed by atoms with Crippen molar-refractivity contribution in [1.82, 2.24) is 24.7 Å². The van der Waals surface area contributed by atoms with E-state index in [1.54, 1.807) is 12.1 Å². The van der Waals surface area contributed by atoms with Crippen LogP contribution in [0.15, 0.2) is 61.7 Å². The molecule has 4 rings (SSSR count). The molecule has 0 fully saturated rings. The van der Waals surface area contributed by atoms with Gasteiger partial charge in [0.05, 0.1) is 11.9 Å². The summed E-state index contributed by atoms with van der Waals surface area (Å²) in [6, 6.07) is 4.70. The molecule has 0 aliphatic rings. The largest absolute Gasteiger partial charge is 0.460 e. The highest BCUT2D eigenvalue weighted by atomic mass is 19.1. The van der Waals surface area contributed by atoms with Gasteiger partial charge in [-0.15, -0.1) is 4.68 Å². The van der Waals surface area contributed by atoms with Gasteiger partial charge in [-0.25, -0.2) is 32.9 Å². The van der Waals surface area contributed by atoms with Crippen molar-refractivity contribution in [2.45, 2.75) is 63.6 Å². The molecule has 4 aromatic rings. The summed E-state index contributed by atoms with van der Waals surface area (Å²) >= 11 is 0. The molecular formula is C31H35F3N9O6+.